The number of Topliss-reactive ketones (excluding diaryl/α,β-unsaturated/α-hetero) is 1. The van der Waals surface area contributed by atoms with Gasteiger partial charge in [-0.3, -0.25) is 4.79 Å². The van der Waals surface area contributed by atoms with Gasteiger partial charge in [-0.15, -0.1) is 0 Å². The van der Waals surface area contributed by atoms with Gasteiger partial charge in [-0.2, -0.15) is 0 Å². The van der Waals surface area contributed by atoms with E-state index in [1.54, 1.807) is 31.2 Å². The van der Waals surface area contributed by atoms with Crippen molar-refractivity contribution in [3.8, 4) is 0 Å². The molecule has 0 saturated heterocycles. The van der Waals surface area contributed by atoms with E-state index in [2.05, 4.69) is 15.9 Å². The summed E-state index contributed by atoms with van der Waals surface area (Å²) >= 11 is 8.52. The maximum atomic E-state index is 12.0. The third kappa shape index (κ3) is 2.47. The number of benzene rings is 1. The summed E-state index contributed by atoms with van der Waals surface area (Å²) in [6, 6.07) is 6.68. The minimum Gasteiger partial charge on any atom is -0.290 e. The summed E-state index contributed by atoms with van der Waals surface area (Å²) in [5.41, 5.74) is 0.973. The number of halogens is 2. The Morgan fingerprint density at radius 3 is 2.31 bits per heavy atom. The fourth-order valence-corrected chi connectivity index (χ4v) is 1.91. The first-order chi connectivity index (χ1) is 7.18. The topological polar surface area (TPSA) is 51.2 Å². The molecule has 0 aliphatic carbocycles. The van der Waals surface area contributed by atoms with E-state index in [1.165, 1.54) is 0 Å². The van der Waals surface area contributed by atoms with Gasteiger partial charge in [-0.1, -0.05) is 35.9 Å². The van der Waals surface area contributed by atoms with Gasteiger partial charge >= 0.3 is 0 Å². The van der Waals surface area contributed by atoms with Crippen LogP contribution in [-0.2, 0) is 9.84 Å². The minimum absolute atomic E-state index is 0.291. The van der Waals surface area contributed by atoms with Crippen molar-refractivity contribution in [1.29, 1.82) is 0 Å². The number of sulfone groups is 1. The van der Waals surface area contributed by atoms with Crippen molar-refractivity contribution in [2.75, 3.05) is 6.26 Å². The van der Waals surface area contributed by atoms with E-state index >= 15 is 0 Å². The van der Waals surface area contributed by atoms with Crippen LogP contribution < -0.4 is 0 Å². The Labute approximate surface area is 108 Å². The van der Waals surface area contributed by atoms with Gasteiger partial charge in [0.1, 0.15) is 0 Å². The van der Waals surface area contributed by atoms with Gasteiger partial charge < -0.3 is 0 Å². The van der Waals surface area contributed by atoms with Crippen LogP contribution in [0.3, 0.4) is 0 Å². The average molecular weight is 326 g/mol. The lowest BCUT2D eigenvalue weighted by atomic mass is 10.1. The quantitative estimate of drug-likeness (QED) is 0.634. The van der Waals surface area contributed by atoms with Crippen LogP contribution in [0.15, 0.2) is 24.3 Å². The summed E-state index contributed by atoms with van der Waals surface area (Å²) in [4.78, 5) is 12.0. The molecule has 0 spiro atoms. The molecule has 3 nitrogen and oxygen atoms in total. The second-order valence-corrected chi connectivity index (χ2v) is 8.55. The molecule has 0 saturated carbocycles. The fraction of sp³-hybridized carbons (Fsp3) is 0.300. The summed E-state index contributed by atoms with van der Waals surface area (Å²) in [6.45, 7) is 1.72. The van der Waals surface area contributed by atoms with Crippen LogP contribution in [0, 0.1) is 6.92 Å². The molecule has 0 bridgehead atoms. The molecule has 0 fully saturated rings. The van der Waals surface area contributed by atoms with Crippen molar-refractivity contribution in [2.45, 2.75) is 10.0 Å². The summed E-state index contributed by atoms with van der Waals surface area (Å²) in [7, 11) is -3.73. The average Bonchev–Trinajstić information content (AvgIpc) is 2.15. The number of rotatable bonds is 3. The third-order valence-electron chi connectivity index (χ3n) is 2.12. The van der Waals surface area contributed by atoms with Crippen molar-refractivity contribution in [2.24, 2.45) is 0 Å². The van der Waals surface area contributed by atoms with Crippen LogP contribution in [-0.4, -0.2) is 23.6 Å². The van der Waals surface area contributed by atoms with Gasteiger partial charge in [0.25, 0.3) is 3.12 Å². The first-order valence-electron chi connectivity index (χ1n) is 4.36. The summed E-state index contributed by atoms with van der Waals surface area (Å²) in [5.74, 6) is -0.672. The third-order valence-corrected chi connectivity index (χ3v) is 6.37. The molecule has 16 heavy (non-hydrogen) atoms. The summed E-state index contributed by atoms with van der Waals surface area (Å²) in [6.07, 6.45) is 0.908. The largest absolute Gasteiger partial charge is 0.290 e. The smallest absolute Gasteiger partial charge is 0.261 e. The summed E-state index contributed by atoms with van der Waals surface area (Å²) in [5, 5.41) is 0. The number of ketones is 1. The second-order valence-electron chi connectivity index (χ2n) is 3.43. The lowest BCUT2D eigenvalue weighted by molar-refractivity contribution is 0.0999. The highest BCUT2D eigenvalue weighted by Crippen LogP contribution is 2.34. The van der Waals surface area contributed by atoms with Crippen LogP contribution in [0.5, 0.6) is 0 Å². The molecule has 1 aromatic carbocycles. The van der Waals surface area contributed by atoms with Gasteiger partial charge in [0.15, 0.2) is 9.84 Å². The van der Waals surface area contributed by atoms with Crippen molar-refractivity contribution in [1.82, 2.24) is 0 Å². The molecule has 1 aromatic rings. The number of aryl methyl sites for hydroxylation is 1. The molecule has 0 aliphatic heterocycles. The monoisotopic (exact) mass is 324 g/mol. The molecule has 0 aromatic heterocycles. The Hall–Kier alpha value is -0.390. The molecule has 1 atom stereocenters. The highest BCUT2D eigenvalue weighted by molar-refractivity contribution is 9.12. The van der Waals surface area contributed by atoms with Crippen LogP contribution in [0.1, 0.15) is 15.9 Å². The highest BCUT2D eigenvalue weighted by atomic mass is 79.9. The maximum Gasteiger partial charge on any atom is 0.261 e. The molecule has 0 amide bonds. The Balaban J connectivity index is 3.29. The zero-order valence-electron chi connectivity index (χ0n) is 8.70. The lowest BCUT2D eigenvalue weighted by Crippen LogP contribution is -2.34. The highest BCUT2D eigenvalue weighted by Gasteiger charge is 2.44. The van der Waals surface area contributed by atoms with E-state index < -0.39 is 18.7 Å². The molecule has 0 radical (unpaired) electrons. The molecule has 1 rings (SSSR count). The first-order valence-corrected chi connectivity index (χ1v) is 7.42. The molecule has 6 heteroatoms. The summed E-state index contributed by atoms with van der Waals surface area (Å²) < 4.78 is 20.7. The molecule has 0 N–H and O–H groups in total. The Kier molecular flexibility index (Phi) is 3.82. The normalized spacial score (nSPS) is 15.5. The lowest BCUT2D eigenvalue weighted by Gasteiger charge is -2.17. The van der Waals surface area contributed by atoms with Gasteiger partial charge in [-0.05, 0) is 28.4 Å². The zero-order chi connectivity index (χ0) is 12.6. The van der Waals surface area contributed by atoms with Crippen molar-refractivity contribution in [3.05, 3.63) is 35.4 Å². The standard InChI is InChI=1S/C10H10BrClO3S/c1-7-5-3-4-6-8(7)9(13)10(11,12)16(2,14)15/h3-6H,1-2H3/t10-/m0/s1. The molecule has 0 unspecified atom stereocenters. The predicted octanol–water partition coefficient (Wildman–Crippen LogP) is 2.51. The van der Waals surface area contributed by atoms with E-state index in [9.17, 15) is 13.2 Å². The number of carbonyl (C=O) groups is 1. The fourth-order valence-electron chi connectivity index (χ4n) is 1.15. The number of hydrogen-bond donors (Lipinski definition) is 0. The van der Waals surface area contributed by atoms with E-state index in [1.807, 2.05) is 0 Å². The SMILES string of the molecule is Cc1ccccc1C(=O)[C@@](Cl)(Br)S(C)(=O)=O. The van der Waals surface area contributed by atoms with Crippen LogP contribution in [0.2, 0.25) is 0 Å². The number of alkyl halides is 2. The van der Waals surface area contributed by atoms with Gasteiger partial charge in [0, 0.05) is 11.8 Å². The van der Waals surface area contributed by atoms with Gasteiger partial charge in [-0.25, -0.2) is 8.42 Å². The zero-order valence-corrected chi connectivity index (χ0v) is 11.9. The Morgan fingerprint density at radius 1 is 1.38 bits per heavy atom. The van der Waals surface area contributed by atoms with Gasteiger partial charge in [0.2, 0.25) is 5.78 Å². The van der Waals surface area contributed by atoms with E-state index in [-0.39, 0.29) is 0 Å². The maximum absolute atomic E-state index is 12.0. The molecule has 88 valence electrons. The van der Waals surface area contributed by atoms with E-state index in [0.29, 0.717) is 11.1 Å². The molecule has 0 heterocycles. The molecular formula is C10H10BrClO3S. The predicted molar refractivity (Wildman–Crippen MR) is 67.9 cm³/mol. The Morgan fingerprint density at radius 2 is 1.88 bits per heavy atom. The minimum atomic E-state index is -3.73. The number of carbonyl (C=O) groups excluding carboxylic acids is 1. The van der Waals surface area contributed by atoms with E-state index in [0.717, 1.165) is 6.26 Å². The van der Waals surface area contributed by atoms with E-state index in [4.69, 9.17) is 11.6 Å². The number of hydrogen-bond acceptors (Lipinski definition) is 3. The van der Waals surface area contributed by atoms with Crippen LogP contribution in [0.25, 0.3) is 0 Å². The first kappa shape index (κ1) is 13.7. The van der Waals surface area contributed by atoms with Crippen LogP contribution in [0.4, 0.5) is 0 Å². The second kappa shape index (κ2) is 4.47. The van der Waals surface area contributed by atoms with Crippen molar-refractivity contribution >= 4 is 43.2 Å². The van der Waals surface area contributed by atoms with Gasteiger partial charge in [0.05, 0.1) is 0 Å². The Bertz CT molecular complexity index is 523. The molecule has 0 aliphatic rings. The van der Waals surface area contributed by atoms with Crippen molar-refractivity contribution < 1.29 is 13.2 Å². The van der Waals surface area contributed by atoms with Crippen LogP contribution >= 0.6 is 27.5 Å². The molecular weight excluding hydrogens is 316 g/mol. The van der Waals surface area contributed by atoms with Crippen molar-refractivity contribution in [3.63, 3.8) is 0 Å².